The highest BCUT2D eigenvalue weighted by molar-refractivity contribution is 5.92. The highest BCUT2D eigenvalue weighted by Crippen LogP contribution is 2.20. The molecule has 2 heterocycles. The lowest BCUT2D eigenvalue weighted by Crippen LogP contribution is -2.36. The van der Waals surface area contributed by atoms with E-state index in [1.54, 1.807) is 0 Å². The van der Waals surface area contributed by atoms with Crippen molar-refractivity contribution in [1.29, 1.82) is 0 Å². The minimum atomic E-state index is -0.0294. The Morgan fingerprint density at radius 3 is 1.32 bits per heavy atom. The molecule has 2 amide bonds. The van der Waals surface area contributed by atoms with Crippen LogP contribution >= 0.6 is 0 Å². The maximum atomic E-state index is 12.2. The summed E-state index contributed by atoms with van der Waals surface area (Å²) in [6, 6.07) is 15.8. The van der Waals surface area contributed by atoms with Gasteiger partial charge in [-0.3, -0.25) is 9.59 Å². The van der Waals surface area contributed by atoms with Gasteiger partial charge in [0.05, 0.1) is 26.4 Å². The molecule has 2 aliphatic heterocycles. The smallest absolute Gasteiger partial charge is 0.224 e. The van der Waals surface area contributed by atoms with E-state index in [1.807, 2.05) is 48.5 Å². The van der Waals surface area contributed by atoms with Crippen molar-refractivity contribution in [3.05, 3.63) is 48.5 Å². The van der Waals surface area contributed by atoms with Crippen LogP contribution in [0, 0.1) is 0 Å². The molecule has 0 spiro atoms. The van der Waals surface area contributed by atoms with Crippen LogP contribution in [0.15, 0.2) is 48.5 Å². The fourth-order valence-electron chi connectivity index (χ4n) is 4.17. The minimum absolute atomic E-state index is 0.0294. The number of anilines is 4. The van der Waals surface area contributed by atoms with Crippen molar-refractivity contribution >= 4 is 34.6 Å². The van der Waals surface area contributed by atoms with Gasteiger partial charge in [-0.1, -0.05) is 0 Å². The van der Waals surface area contributed by atoms with Crippen LogP contribution in [-0.4, -0.2) is 64.4 Å². The Morgan fingerprint density at radius 2 is 0.971 bits per heavy atom. The number of nitrogens with one attached hydrogen (secondary N) is 2. The van der Waals surface area contributed by atoms with Gasteiger partial charge in [-0.2, -0.15) is 0 Å². The molecule has 2 aromatic carbocycles. The number of ether oxygens (including phenoxy) is 2. The Morgan fingerprint density at radius 1 is 0.618 bits per heavy atom. The molecular formula is C26H34N4O4. The number of rotatable bonds is 9. The Hall–Kier alpha value is -3.10. The Labute approximate surface area is 201 Å². The molecule has 2 N–H and O–H groups in total. The van der Waals surface area contributed by atoms with Gasteiger partial charge in [-0.05, 0) is 61.4 Å². The predicted molar refractivity (Wildman–Crippen MR) is 135 cm³/mol. The van der Waals surface area contributed by atoms with Crippen LogP contribution < -0.4 is 20.4 Å². The maximum absolute atomic E-state index is 12.2. The fourth-order valence-corrected chi connectivity index (χ4v) is 4.17. The van der Waals surface area contributed by atoms with E-state index in [4.69, 9.17) is 9.47 Å². The summed E-state index contributed by atoms with van der Waals surface area (Å²) in [6.07, 6.45) is 2.13. The first-order valence-electron chi connectivity index (χ1n) is 12.1. The van der Waals surface area contributed by atoms with E-state index in [0.29, 0.717) is 25.7 Å². The lowest BCUT2D eigenvalue weighted by molar-refractivity contribution is -0.118. The van der Waals surface area contributed by atoms with Crippen LogP contribution in [0.5, 0.6) is 0 Å². The standard InChI is InChI=1S/C26H34N4O4/c31-25(27-21-5-9-23(10-6-21)29-13-17-33-18-14-29)3-1-2-4-26(32)28-22-7-11-24(12-8-22)30-15-19-34-20-16-30/h5-12H,1-4,13-20H2,(H,27,31)(H,28,32). The highest BCUT2D eigenvalue weighted by atomic mass is 16.5. The summed E-state index contributed by atoms with van der Waals surface area (Å²) in [4.78, 5) is 29.0. The highest BCUT2D eigenvalue weighted by Gasteiger charge is 2.12. The van der Waals surface area contributed by atoms with Gasteiger partial charge in [0.1, 0.15) is 0 Å². The average molecular weight is 467 g/mol. The molecule has 0 aromatic heterocycles. The molecule has 0 unspecified atom stereocenters. The third kappa shape index (κ3) is 7.20. The minimum Gasteiger partial charge on any atom is -0.378 e. The third-order valence-corrected chi connectivity index (χ3v) is 6.11. The quantitative estimate of drug-likeness (QED) is 0.551. The van der Waals surface area contributed by atoms with E-state index < -0.39 is 0 Å². The van der Waals surface area contributed by atoms with Gasteiger partial charge in [0.2, 0.25) is 11.8 Å². The number of unbranched alkanes of at least 4 members (excludes halogenated alkanes) is 1. The van der Waals surface area contributed by atoms with Gasteiger partial charge >= 0.3 is 0 Å². The summed E-state index contributed by atoms with van der Waals surface area (Å²) >= 11 is 0. The monoisotopic (exact) mass is 466 g/mol. The number of hydrogen-bond acceptors (Lipinski definition) is 6. The third-order valence-electron chi connectivity index (χ3n) is 6.11. The summed E-state index contributed by atoms with van der Waals surface area (Å²) < 4.78 is 10.8. The Bertz CT molecular complexity index is 843. The van der Waals surface area contributed by atoms with Crippen molar-refractivity contribution in [2.45, 2.75) is 25.7 Å². The zero-order valence-electron chi connectivity index (χ0n) is 19.6. The van der Waals surface area contributed by atoms with E-state index in [1.165, 1.54) is 0 Å². The molecule has 0 aliphatic carbocycles. The molecule has 8 heteroatoms. The van der Waals surface area contributed by atoms with E-state index in [2.05, 4.69) is 20.4 Å². The van der Waals surface area contributed by atoms with Crippen LogP contribution in [0.4, 0.5) is 22.7 Å². The summed E-state index contributed by atoms with van der Waals surface area (Å²) in [5.41, 5.74) is 3.87. The van der Waals surface area contributed by atoms with Gasteiger partial charge in [0.15, 0.2) is 0 Å². The first-order valence-corrected chi connectivity index (χ1v) is 12.1. The van der Waals surface area contributed by atoms with Crippen LogP contribution in [0.2, 0.25) is 0 Å². The Balaban J connectivity index is 1.11. The molecule has 2 aromatic rings. The molecule has 0 saturated carbocycles. The molecular weight excluding hydrogens is 432 g/mol. The van der Waals surface area contributed by atoms with Crippen molar-refractivity contribution in [2.75, 3.05) is 73.0 Å². The molecule has 0 radical (unpaired) electrons. The second-order valence-corrected chi connectivity index (χ2v) is 8.60. The number of morpholine rings is 2. The van der Waals surface area contributed by atoms with Crippen LogP contribution in [-0.2, 0) is 19.1 Å². The van der Waals surface area contributed by atoms with E-state index in [0.717, 1.165) is 75.4 Å². The zero-order chi connectivity index (χ0) is 23.6. The number of carbonyl (C=O) groups is 2. The van der Waals surface area contributed by atoms with Crippen molar-refractivity contribution in [3.8, 4) is 0 Å². The summed E-state index contributed by atoms with van der Waals surface area (Å²) in [5, 5.41) is 5.88. The normalized spacial score (nSPS) is 16.2. The lowest BCUT2D eigenvalue weighted by Gasteiger charge is -2.28. The van der Waals surface area contributed by atoms with E-state index in [-0.39, 0.29) is 11.8 Å². The van der Waals surface area contributed by atoms with Gasteiger partial charge in [-0.15, -0.1) is 0 Å². The SMILES string of the molecule is O=C(CCCCC(=O)Nc1ccc(N2CCOCC2)cc1)Nc1ccc(N2CCOCC2)cc1. The van der Waals surface area contributed by atoms with Crippen molar-refractivity contribution in [2.24, 2.45) is 0 Å². The lowest BCUT2D eigenvalue weighted by atomic mass is 10.1. The second-order valence-electron chi connectivity index (χ2n) is 8.60. The van der Waals surface area contributed by atoms with Gasteiger partial charge in [0.25, 0.3) is 0 Å². The largest absolute Gasteiger partial charge is 0.378 e. The van der Waals surface area contributed by atoms with E-state index >= 15 is 0 Å². The van der Waals surface area contributed by atoms with Crippen molar-refractivity contribution < 1.29 is 19.1 Å². The number of amides is 2. The molecule has 4 rings (SSSR count). The summed E-state index contributed by atoms with van der Waals surface area (Å²) in [6.45, 7) is 6.54. The van der Waals surface area contributed by atoms with Crippen LogP contribution in [0.25, 0.3) is 0 Å². The summed E-state index contributed by atoms with van der Waals surface area (Å²) in [5.74, 6) is -0.0588. The molecule has 2 saturated heterocycles. The molecule has 2 aliphatic rings. The Kier molecular flexibility index (Phi) is 8.76. The van der Waals surface area contributed by atoms with Crippen molar-refractivity contribution in [1.82, 2.24) is 0 Å². The fraction of sp³-hybridized carbons (Fsp3) is 0.462. The maximum Gasteiger partial charge on any atom is 0.224 e. The van der Waals surface area contributed by atoms with Gasteiger partial charge in [0, 0.05) is 61.8 Å². The zero-order valence-corrected chi connectivity index (χ0v) is 19.6. The number of carbonyl (C=O) groups excluding carboxylic acids is 2. The first-order chi connectivity index (χ1) is 16.7. The molecule has 182 valence electrons. The van der Waals surface area contributed by atoms with Crippen LogP contribution in [0.3, 0.4) is 0 Å². The van der Waals surface area contributed by atoms with Crippen molar-refractivity contribution in [3.63, 3.8) is 0 Å². The second kappa shape index (κ2) is 12.4. The van der Waals surface area contributed by atoms with Gasteiger partial charge in [-0.25, -0.2) is 0 Å². The molecule has 2 fully saturated rings. The van der Waals surface area contributed by atoms with E-state index in [9.17, 15) is 9.59 Å². The average Bonchev–Trinajstić information content (AvgIpc) is 2.89. The number of benzene rings is 2. The number of hydrogen-bond donors (Lipinski definition) is 2. The first kappa shape index (κ1) is 24.0. The van der Waals surface area contributed by atoms with Crippen LogP contribution in [0.1, 0.15) is 25.7 Å². The predicted octanol–water partition coefficient (Wildman–Crippen LogP) is 3.50. The summed E-state index contributed by atoms with van der Waals surface area (Å²) in [7, 11) is 0. The molecule has 8 nitrogen and oxygen atoms in total. The number of nitrogens with zero attached hydrogens (tertiary/aromatic N) is 2. The molecule has 34 heavy (non-hydrogen) atoms. The topological polar surface area (TPSA) is 83.1 Å². The molecule has 0 bridgehead atoms. The van der Waals surface area contributed by atoms with Gasteiger partial charge < -0.3 is 29.9 Å². The molecule has 0 atom stereocenters.